The number of aryl methyl sites for hydroxylation is 1. The van der Waals surface area contributed by atoms with Crippen molar-refractivity contribution in [2.24, 2.45) is 0 Å². The predicted octanol–water partition coefficient (Wildman–Crippen LogP) is 3.03. The minimum Gasteiger partial charge on any atom is -0.454 e. The van der Waals surface area contributed by atoms with Crippen molar-refractivity contribution in [1.29, 1.82) is 0 Å². The van der Waals surface area contributed by atoms with Crippen LogP contribution in [0, 0.1) is 0 Å². The SMILES string of the molecule is CCc1ccc(NCC(=O)Nc2ccc3c(c2)OCO3)cc1. The molecule has 1 amide bonds. The van der Waals surface area contributed by atoms with E-state index in [4.69, 9.17) is 9.47 Å². The van der Waals surface area contributed by atoms with Crippen LogP contribution < -0.4 is 20.1 Å². The second kappa shape index (κ2) is 6.39. The molecule has 0 unspecified atom stereocenters. The number of carbonyl (C=O) groups excluding carboxylic acids is 1. The lowest BCUT2D eigenvalue weighted by molar-refractivity contribution is -0.114. The number of ether oxygens (including phenoxy) is 2. The largest absolute Gasteiger partial charge is 0.454 e. The van der Waals surface area contributed by atoms with Crippen LogP contribution in [0.4, 0.5) is 11.4 Å². The number of amides is 1. The standard InChI is InChI=1S/C17H18N2O3/c1-2-12-3-5-13(6-4-12)18-10-17(20)19-14-7-8-15-16(9-14)22-11-21-15/h3-9,18H,2,10-11H2,1H3,(H,19,20). The molecule has 22 heavy (non-hydrogen) atoms. The summed E-state index contributed by atoms with van der Waals surface area (Å²) in [5.41, 5.74) is 2.89. The van der Waals surface area contributed by atoms with Crippen LogP contribution in [0.15, 0.2) is 42.5 Å². The Labute approximate surface area is 129 Å². The average molecular weight is 298 g/mol. The van der Waals surface area contributed by atoms with E-state index in [0.717, 1.165) is 12.1 Å². The van der Waals surface area contributed by atoms with Gasteiger partial charge in [-0.1, -0.05) is 19.1 Å². The number of fused-ring (bicyclic) bond motifs is 1. The van der Waals surface area contributed by atoms with Crippen molar-refractivity contribution in [3.8, 4) is 11.5 Å². The first kappa shape index (κ1) is 14.3. The number of hydrogen-bond donors (Lipinski definition) is 2. The quantitative estimate of drug-likeness (QED) is 0.891. The lowest BCUT2D eigenvalue weighted by atomic mass is 10.1. The molecular weight excluding hydrogens is 280 g/mol. The van der Waals surface area contributed by atoms with Crippen LogP contribution in [-0.4, -0.2) is 19.2 Å². The molecule has 2 N–H and O–H groups in total. The lowest BCUT2D eigenvalue weighted by Gasteiger charge is -2.09. The molecule has 5 heteroatoms. The lowest BCUT2D eigenvalue weighted by Crippen LogP contribution is -2.21. The monoisotopic (exact) mass is 298 g/mol. The smallest absolute Gasteiger partial charge is 0.243 e. The van der Waals surface area contributed by atoms with E-state index < -0.39 is 0 Å². The molecule has 0 fully saturated rings. The number of benzene rings is 2. The van der Waals surface area contributed by atoms with Crippen molar-refractivity contribution in [2.75, 3.05) is 24.0 Å². The molecule has 0 radical (unpaired) electrons. The first-order valence-electron chi connectivity index (χ1n) is 7.27. The molecule has 0 saturated carbocycles. The summed E-state index contributed by atoms with van der Waals surface area (Å²) in [6, 6.07) is 13.4. The Hall–Kier alpha value is -2.69. The van der Waals surface area contributed by atoms with Crippen LogP contribution in [0.3, 0.4) is 0 Å². The van der Waals surface area contributed by atoms with Gasteiger partial charge in [0.05, 0.1) is 6.54 Å². The topological polar surface area (TPSA) is 59.6 Å². The van der Waals surface area contributed by atoms with Crippen LogP contribution in [0.5, 0.6) is 11.5 Å². The predicted molar refractivity (Wildman–Crippen MR) is 85.5 cm³/mol. The zero-order chi connectivity index (χ0) is 15.4. The van der Waals surface area contributed by atoms with E-state index in [1.165, 1.54) is 5.56 Å². The normalized spacial score (nSPS) is 12.0. The van der Waals surface area contributed by atoms with Gasteiger partial charge in [0.1, 0.15) is 0 Å². The molecule has 0 aliphatic carbocycles. The van der Waals surface area contributed by atoms with E-state index in [1.807, 2.05) is 12.1 Å². The Balaban J connectivity index is 1.53. The maximum Gasteiger partial charge on any atom is 0.243 e. The highest BCUT2D eigenvalue weighted by molar-refractivity contribution is 5.94. The van der Waals surface area contributed by atoms with E-state index in [-0.39, 0.29) is 19.2 Å². The zero-order valence-corrected chi connectivity index (χ0v) is 12.4. The number of rotatable bonds is 5. The van der Waals surface area contributed by atoms with Gasteiger partial charge in [-0.2, -0.15) is 0 Å². The molecule has 0 spiro atoms. The molecule has 0 bridgehead atoms. The molecule has 1 heterocycles. The molecule has 0 aromatic heterocycles. The maximum atomic E-state index is 12.0. The Morgan fingerprint density at radius 2 is 1.77 bits per heavy atom. The van der Waals surface area contributed by atoms with Crippen molar-refractivity contribution in [3.05, 3.63) is 48.0 Å². The summed E-state index contributed by atoms with van der Waals surface area (Å²) in [4.78, 5) is 12.0. The summed E-state index contributed by atoms with van der Waals surface area (Å²) in [6.07, 6.45) is 1.00. The van der Waals surface area contributed by atoms with Crippen LogP contribution in [0.25, 0.3) is 0 Å². The Morgan fingerprint density at radius 1 is 1.05 bits per heavy atom. The van der Waals surface area contributed by atoms with E-state index >= 15 is 0 Å². The van der Waals surface area contributed by atoms with E-state index in [2.05, 4.69) is 29.7 Å². The Bertz CT molecular complexity index is 668. The van der Waals surface area contributed by atoms with Gasteiger partial charge in [-0.3, -0.25) is 4.79 Å². The summed E-state index contributed by atoms with van der Waals surface area (Å²) in [7, 11) is 0. The van der Waals surface area contributed by atoms with E-state index in [9.17, 15) is 4.79 Å². The number of anilines is 2. The summed E-state index contributed by atoms with van der Waals surface area (Å²) in [6.45, 7) is 2.54. The third-order valence-corrected chi connectivity index (χ3v) is 3.47. The number of hydrogen-bond acceptors (Lipinski definition) is 4. The Morgan fingerprint density at radius 3 is 2.55 bits per heavy atom. The molecule has 0 atom stereocenters. The van der Waals surface area contributed by atoms with E-state index in [1.54, 1.807) is 18.2 Å². The van der Waals surface area contributed by atoms with Gasteiger partial charge in [0.15, 0.2) is 11.5 Å². The van der Waals surface area contributed by atoms with Gasteiger partial charge in [0.25, 0.3) is 0 Å². The molecule has 5 nitrogen and oxygen atoms in total. The minimum atomic E-state index is -0.113. The summed E-state index contributed by atoms with van der Waals surface area (Å²) in [5.74, 6) is 1.24. The summed E-state index contributed by atoms with van der Waals surface area (Å²) >= 11 is 0. The summed E-state index contributed by atoms with van der Waals surface area (Å²) in [5, 5.41) is 5.93. The molecule has 2 aromatic carbocycles. The fourth-order valence-corrected chi connectivity index (χ4v) is 2.22. The molecule has 0 saturated heterocycles. The second-order valence-corrected chi connectivity index (χ2v) is 5.02. The van der Waals surface area contributed by atoms with Gasteiger partial charge >= 0.3 is 0 Å². The van der Waals surface area contributed by atoms with Gasteiger partial charge in [0, 0.05) is 17.4 Å². The van der Waals surface area contributed by atoms with E-state index in [0.29, 0.717) is 17.2 Å². The van der Waals surface area contributed by atoms with Crippen molar-refractivity contribution >= 4 is 17.3 Å². The highest BCUT2D eigenvalue weighted by Crippen LogP contribution is 2.34. The van der Waals surface area contributed by atoms with Gasteiger partial charge in [-0.05, 0) is 36.2 Å². The second-order valence-electron chi connectivity index (χ2n) is 5.02. The number of carbonyl (C=O) groups is 1. The van der Waals surface area contributed by atoms with Gasteiger partial charge in [-0.25, -0.2) is 0 Å². The van der Waals surface area contributed by atoms with Crippen LogP contribution >= 0.6 is 0 Å². The van der Waals surface area contributed by atoms with Gasteiger partial charge in [0.2, 0.25) is 12.7 Å². The van der Waals surface area contributed by atoms with Crippen LogP contribution in [-0.2, 0) is 11.2 Å². The average Bonchev–Trinajstić information content (AvgIpc) is 3.01. The number of nitrogens with one attached hydrogen (secondary N) is 2. The molecule has 3 rings (SSSR count). The fraction of sp³-hybridized carbons (Fsp3) is 0.235. The molecule has 114 valence electrons. The first-order chi connectivity index (χ1) is 10.7. The fourth-order valence-electron chi connectivity index (χ4n) is 2.22. The van der Waals surface area contributed by atoms with Crippen LogP contribution in [0.1, 0.15) is 12.5 Å². The Kier molecular flexibility index (Phi) is 4.14. The van der Waals surface area contributed by atoms with Crippen molar-refractivity contribution in [2.45, 2.75) is 13.3 Å². The third kappa shape index (κ3) is 3.31. The molecular formula is C17H18N2O3. The first-order valence-corrected chi connectivity index (χ1v) is 7.27. The van der Waals surface area contributed by atoms with Gasteiger partial charge in [-0.15, -0.1) is 0 Å². The minimum absolute atomic E-state index is 0.113. The molecule has 2 aromatic rings. The summed E-state index contributed by atoms with van der Waals surface area (Å²) < 4.78 is 10.5. The molecule has 1 aliphatic rings. The van der Waals surface area contributed by atoms with Crippen molar-refractivity contribution in [1.82, 2.24) is 0 Å². The van der Waals surface area contributed by atoms with Crippen LogP contribution in [0.2, 0.25) is 0 Å². The van der Waals surface area contributed by atoms with Crippen molar-refractivity contribution in [3.63, 3.8) is 0 Å². The molecule has 1 aliphatic heterocycles. The maximum absolute atomic E-state index is 12.0. The zero-order valence-electron chi connectivity index (χ0n) is 12.4. The highest BCUT2D eigenvalue weighted by Gasteiger charge is 2.14. The van der Waals surface area contributed by atoms with Gasteiger partial charge < -0.3 is 20.1 Å². The van der Waals surface area contributed by atoms with Crippen molar-refractivity contribution < 1.29 is 14.3 Å². The third-order valence-electron chi connectivity index (χ3n) is 3.47. The highest BCUT2D eigenvalue weighted by atomic mass is 16.7.